The lowest BCUT2D eigenvalue weighted by atomic mass is 9.77. The van der Waals surface area contributed by atoms with Gasteiger partial charge < -0.3 is 25.1 Å². The third kappa shape index (κ3) is 2.76. The van der Waals surface area contributed by atoms with E-state index in [0.717, 1.165) is 5.69 Å². The van der Waals surface area contributed by atoms with Gasteiger partial charge >= 0.3 is 0 Å². The highest BCUT2D eigenvalue weighted by Crippen LogP contribution is 2.41. The van der Waals surface area contributed by atoms with Crippen LogP contribution in [0.2, 0.25) is 0 Å². The number of hydrogen-bond acceptors (Lipinski definition) is 4. The van der Waals surface area contributed by atoms with E-state index in [-0.39, 0.29) is 34.7 Å². The van der Waals surface area contributed by atoms with Gasteiger partial charge in [-0.2, -0.15) is 0 Å². The summed E-state index contributed by atoms with van der Waals surface area (Å²) in [5.41, 5.74) is 0.612. The normalized spacial score (nSPS) is 39.8. The number of H-pyrrole nitrogens is 1. The minimum absolute atomic E-state index is 0.0416. The molecular formula is C15H22N2O4. The third-order valence-electron chi connectivity index (χ3n) is 5.08. The molecule has 0 aliphatic carbocycles. The molecule has 0 unspecified atom stereocenters. The first-order valence-electron chi connectivity index (χ1n) is 7.58. The smallest absolute Gasteiger partial charge is 0.248 e. The molecule has 0 amide bonds. The van der Waals surface area contributed by atoms with E-state index in [1.807, 2.05) is 6.07 Å². The Kier molecular flexibility index (Phi) is 3.88. The SMILES string of the molecule is O=c1cccc([C@@H]2C[C@H](CO)[C@H]3C[C@H](O)CC[N@+]3([O-])C2)[nH]1. The van der Waals surface area contributed by atoms with Gasteiger partial charge in [-0.3, -0.25) is 4.79 Å². The van der Waals surface area contributed by atoms with Crippen LogP contribution in [0.15, 0.2) is 23.0 Å². The molecule has 0 radical (unpaired) electrons. The molecule has 2 fully saturated rings. The maximum absolute atomic E-state index is 13.1. The van der Waals surface area contributed by atoms with Gasteiger partial charge in [0.05, 0.1) is 31.8 Å². The van der Waals surface area contributed by atoms with Crippen LogP contribution in [0.25, 0.3) is 0 Å². The molecule has 116 valence electrons. The lowest BCUT2D eigenvalue weighted by Gasteiger charge is -2.59. The standard InChI is InChI=1S/C15H22N2O4/c18-9-11-6-10(13-2-1-3-15(20)16-13)8-17(21)5-4-12(19)7-14(11)17/h1-3,10-12,14,18-19H,4-9H2,(H,16,20)/t10-,11-,12-,14-,17+/m1/s1. The van der Waals surface area contributed by atoms with E-state index in [1.165, 1.54) is 6.07 Å². The van der Waals surface area contributed by atoms with Crippen LogP contribution in [0.3, 0.4) is 0 Å². The Bertz CT molecular complexity index is 561. The average Bonchev–Trinajstić information content (AvgIpc) is 2.47. The molecule has 0 bridgehead atoms. The van der Waals surface area contributed by atoms with Crippen molar-refractivity contribution < 1.29 is 14.9 Å². The van der Waals surface area contributed by atoms with Gasteiger partial charge in [0.2, 0.25) is 5.56 Å². The van der Waals surface area contributed by atoms with E-state index >= 15 is 0 Å². The number of fused-ring (bicyclic) bond motifs is 1. The van der Waals surface area contributed by atoms with Gasteiger partial charge in [-0.1, -0.05) is 6.07 Å². The third-order valence-corrected chi connectivity index (χ3v) is 5.08. The van der Waals surface area contributed by atoms with Gasteiger partial charge in [-0.15, -0.1) is 0 Å². The number of aromatic amines is 1. The summed E-state index contributed by atoms with van der Waals surface area (Å²) in [5.74, 6) is -0.167. The first-order valence-corrected chi connectivity index (χ1v) is 7.58. The zero-order chi connectivity index (χ0) is 15.0. The Morgan fingerprint density at radius 2 is 2.19 bits per heavy atom. The van der Waals surface area contributed by atoms with Crippen LogP contribution in [-0.4, -0.2) is 51.7 Å². The van der Waals surface area contributed by atoms with Gasteiger partial charge in [-0.05, 0) is 12.5 Å². The molecule has 2 aliphatic heterocycles. The highest BCUT2D eigenvalue weighted by molar-refractivity contribution is 5.11. The fourth-order valence-corrected chi connectivity index (χ4v) is 4.02. The average molecular weight is 294 g/mol. The van der Waals surface area contributed by atoms with Crippen LogP contribution in [0.5, 0.6) is 0 Å². The van der Waals surface area contributed by atoms with Crippen molar-refractivity contribution in [2.24, 2.45) is 5.92 Å². The molecule has 0 spiro atoms. The predicted molar refractivity (Wildman–Crippen MR) is 77.4 cm³/mol. The van der Waals surface area contributed by atoms with Crippen LogP contribution in [0.4, 0.5) is 0 Å². The molecule has 6 heteroatoms. The van der Waals surface area contributed by atoms with Gasteiger partial charge in [0.1, 0.15) is 0 Å². The molecular weight excluding hydrogens is 272 g/mol. The fraction of sp³-hybridized carbons (Fsp3) is 0.667. The van der Waals surface area contributed by atoms with Crippen molar-refractivity contribution in [2.75, 3.05) is 19.7 Å². The number of aromatic nitrogens is 1. The second-order valence-electron chi connectivity index (χ2n) is 6.45. The Morgan fingerprint density at radius 1 is 1.38 bits per heavy atom. The van der Waals surface area contributed by atoms with Crippen molar-refractivity contribution in [1.29, 1.82) is 0 Å². The summed E-state index contributed by atoms with van der Waals surface area (Å²) in [4.78, 5) is 14.3. The van der Waals surface area contributed by atoms with Crippen molar-refractivity contribution in [2.45, 2.75) is 37.3 Å². The summed E-state index contributed by atoms with van der Waals surface area (Å²) in [6, 6.07) is 4.76. The van der Waals surface area contributed by atoms with Gasteiger partial charge in [0.25, 0.3) is 0 Å². The lowest BCUT2D eigenvalue weighted by Crippen LogP contribution is -2.64. The number of quaternary nitrogens is 1. The summed E-state index contributed by atoms with van der Waals surface area (Å²) in [6.45, 7) is 0.747. The van der Waals surface area contributed by atoms with E-state index in [0.29, 0.717) is 32.4 Å². The molecule has 2 saturated heterocycles. The topological polar surface area (TPSA) is 96.4 Å². The molecule has 1 aromatic rings. The monoisotopic (exact) mass is 294 g/mol. The molecule has 0 aromatic carbocycles. The van der Waals surface area contributed by atoms with Crippen LogP contribution < -0.4 is 5.56 Å². The van der Waals surface area contributed by atoms with Crippen LogP contribution in [0, 0.1) is 11.1 Å². The van der Waals surface area contributed by atoms with Gasteiger partial charge in [-0.25, -0.2) is 0 Å². The minimum Gasteiger partial charge on any atom is -0.633 e. The summed E-state index contributed by atoms with van der Waals surface area (Å²) in [7, 11) is 0. The van der Waals surface area contributed by atoms with Crippen molar-refractivity contribution in [3.63, 3.8) is 0 Å². The van der Waals surface area contributed by atoms with E-state index in [9.17, 15) is 20.2 Å². The first-order chi connectivity index (χ1) is 10.0. The number of hydrogen-bond donors (Lipinski definition) is 3. The largest absolute Gasteiger partial charge is 0.633 e. The Hall–Kier alpha value is -1.21. The number of pyridine rings is 1. The molecule has 21 heavy (non-hydrogen) atoms. The number of nitrogens with one attached hydrogen (secondary N) is 1. The second-order valence-corrected chi connectivity index (χ2v) is 6.45. The second kappa shape index (κ2) is 5.53. The van der Waals surface area contributed by atoms with Gasteiger partial charge in [0, 0.05) is 36.4 Å². The quantitative estimate of drug-likeness (QED) is 0.540. The maximum atomic E-state index is 13.1. The van der Waals surface area contributed by atoms with Gasteiger partial charge in [0.15, 0.2) is 0 Å². The molecule has 2 aliphatic rings. The zero-order valence-electron chi connectivity index (χ0n) is 11.9. The zero-order valence-corrected chi connectivity index (χ0v) is 11.9. The summed E-state index contributed by atoms with van der Waals surface area (Å²) in [5, 5.41) is 32.6. The van der Waals surface area contributed by atoms with Crippen molar-refractivity contribution in [3.8, 4) is 0 Å². The molecule has 6 nitrogen and oxygen atoms in total. The van der Waals surface area contributed by atoms with Crippen LogP contribution >= 0.6 is 0 Å². The Balaban J connectivity index is 1.88. The molecule has 3 N–H and O–H groups in total. The fourth-order valence-electron chi connectivity index (χ4n) is 4.02. The lowest BCUT2D eigenvalue weighted by molar-refractivity contribution is -0.922. The minimum atomic E-state index is -0.433. The van der Waals surface area contributed by atoms with E-state index in [2.05, 4.69) is 4.98 Å². The summed E-state index contributed by atoms with van der Waals surface area (Å²) < 4.78 is -0.357. The number of aliphatic hydroxyl groups is 2. The van der Waals surface area contributed by atoms with Crippen molar-refractivity contribution >= 4 is 0 Å². The molecule has 5 atom stereocenters. The van der Waals surface area contributed by atoms with Crippen LogP contribution in [-0.2, 0) is 0 Å². The molecule has 3 heterocycles. The van der Waals surface area contributed by atoms with E-state index in [1.54, 1.807) is 6.07 Å². The number of piperidine rings is 2. The highest BCUT2D eigenvalue weighted by atomic mass is 16.5. The van der Waals surface area contributed by atoms with E-state index in [4.69, 9.17) is 0 Å². The first kappa shape index (κ1) is 14.7. The Labute approximate surface area is 123 Å². The molecule has 3 rings (SSSR count). The number of aliphatic hydroxyl groups excluding tert-OH is 2. The summed E-state index contributed by atoms with van der Waals surface area (Å²) >= 11 is 0. The van der Waals surface area contributed by atoms with Crippen molar-refractivity contribution in [3.05, 3.63) is 39.5 Å². The number of rotatable bonds is 2. The summed E-state index contributed by atoms with van der Waals surface area (Å²) in [6.07, 6.45) is 1.22. The van der Waals surface area contributed by atoms with E-state index < -0.39 is 6.10 Å². The highest BCUT2D eigenvalue weighted by Gasteiger charge is 2.47. The number of nitrogens with zero attached hydrogens (tertiary/aromatic N) is 1. The number of hydroxylamine groups is 3. The molecule has 1 aromatic heterocycles. The van der Waals surface area contributed by atoms with Crippen LogP contribution in [0.1, 0.15) is 30.9 Å². The molecule has 0 saturated carbocycles. The van der Waals surface area contributed by atoms with Crippen molar-refractivity contribution in [1.82, 2.24) is 4.98 Å². The predicted octanol–water partition coefficient (Wildman–Crippen LogP) is 0.309. The Morgan fingerprint density at radius 3 is 2.90 bits per heavy atom. The maximum Gasteiger partial charge on any atom is 0.248 e.